The average Bonchev–Trinajstić information content (AvgIpc) is 3.45. The molecule has 1 atom stereocenters. The highest BCUT2D eigenvalue weighted by Crippen LogP contribution is 2.42. The first kappa shape index (κ1) is 20.6. The monoisotopic (exact) mass is 459 g/mol. The van der Waals surface area contributed by atoms with E-state index in [-0.39, 0.29) is 11.5 Å². The van der Waals surface area contributed by atoms with Crippen LogP contribution in [0, 0.1) is 12.3 Å². The van der Waals surface area contributed by atoms with Gasteiger partial charge in [-0.3, -0.25) is 4.98 Å². The van der Waals surface area contributed by atoms with Crippen molar-refractivity contribution in [2.45, 2.75) is 32.0 Å². The number of fused-ring (bicyclic) bond motifs is 1. The van der Waals surface area contributed by atoms with E-state index in [1.807, 2.05) is 22.7 Å². The van der Waals surface area contributed by atoms with Gasteiger partial charge in [0, 0.05) is 49.7 Å². The van der Waals surface area contributed by atoms with Gasteiger partial charge in [0.25, 0.3) is 0 Å². The van der Waals surface area contributed by atoms with Crippen molar-refractivity contribution >= 4 is 22.7 Å². The molecule has 0 aliphatic carbocycles. The highest BCUT2D eigenvalue weighted by atomic mass is 19.4. The number of aryl methyl sites for hydroxylation is 1. The fourth-order valence-corrected chi connectivity index (χ4v) is 5.19. The van der Waals surface area contributed by atoms with Gasteiger partial charge in [0.15, 0.2) is 5.65 Å². The minimum atomic E-state index is -4.44. The SMILES string of the molecule is Cc1nn(C2COC2)c2nc(N3CCC4(CCN(c5ccnc(C(F)(F)F)c5)C4)C3)ncc12. The molecular weight excluding hydrogens is 435 g/mol. The molecule has 0 bridgehead atoms. The van der Waals surface area contributed by atoms with Crippen molar-refractivity contribution in [3.63, 3.8) is 0 Å². The van der Waals surface area contributed by atoms with Crippen molar-refractivity contribution in [1.82, 2.24) is 24.7 Å². The first-order valence-electron chi connectivity index (χ1n) is 11.1. The lowest BCUT2D eigenvalue weighted by Crippen LogP contribution is -2.32. The van der Waals surface area contributed by atoms with Gasteiger partial charge in [-0.25, -0.2) is 9.67 Å². The molecule has 3 aliphatic rings. The lowest BCUT2D eigenvalue weighted by atomic mass is 9.86. The molecule has 174 valence electrons. The maximum Gasteiger partial charge on any atom is 0.433 e. The molecule has 1 unspecified atom stereocenters. The smallest absolute Gasteiger partial charge is 0.377 e. The standard InChI is InChI=1S/C22H24F3N7O/c1-14-17-9-27-20(28-19(17)32(29-14)16-10-33-11-16)31-7-4-21(13-31)3-6-30(12-21)15-2-5-26-18(8-15)22(23,24)25/h2,5,8-9,16H,3-4,6-7,10-13H2,1H3. The number of aromatic nitrogens is 5. The van der Waals surface area contributed by atoms with E-state index in [1.165, 1.54) is 6.20 Å². The summed E-state index contributed by atoms with van der Waals surface area (Å²) in [5.41, 5.74) is 1.48. The maximum atomic E-state index is 13.1. The van der Waals surface area contributed by atoms with Gasteiger partial charge in [-0.2, -0.15) is 23.3 Å². The molecule has 11 heteroatoms. The fraction of sp³-hybridized carbons (Fsp3) is 0.545. The summed E-state index contributed by atoms with van der Waals surface area (Å²) in [5.74, 6) is 0.683. The number of ether oxygens (including phenoxy) is 1. The summed E-state index contributed by atoms with van der Waals surface area (Å²) < 4.78 is 46.5. The van der Waals surface area contributed by atoms with Gasteiger partial charge < -0.3 is 14.5 Å². The Hall–Kier alpha value is -2.95. The Labute approximate surface area is 188 Å². The van der Waals surface area contributed by atoms with Crippen LogP contribution < -0.4 is 9.80 Å². The van der Waals surface area contributed by atoms with Crippen molar-refractivity contribution in [3.8, 4) is 0 Å². The van der Waals surface area contributed by atoms with E-state index in [0.717, 1.165) is 55.3 Å². The van der Waals surface area contributed by atoms with Gasteiger partial charge in [0.1, 0.15) is 11.7 Å². The van der Waals surface area contributed by atoms with Crippen molar-refractivity contribution < 1.29 is 17.9 Å². The molecule has 3 aromatic heterocycles. The summed E-state index contributed by atoms with van der Waals surface area (Å²) >= 11 is 0. The van der Waals surface area contributed by atoms with Crippen LogP contribution in [0.5, 0.6) is 0 Å². The Morgan fingerprint density at radius 2 is 1.85 bits per heavy atom. The third kappa shape index (κ3) is 3.49. The molecule has 0 radical (unpaired) electrons. The molecular formula is C22H24F3N7O. The minimum Gasteiger partial charge on any atom is -0.377 e. The van der Waals surface area contributed by atoms with E-state index in [4.69, 9.17) is 9.72 Å². The Bertz CT molecular complexity index is 1210. The lowest BCUT2D eigenvalue weighted by molar-refractivity contribution is -0.141. The van der Waals surface area contributed by atoms with Crippen molar-refractivity contribution in [2.75, 3.05) is 49.2 Å². The largest absolute Gasteiger partial charge is 0.433 e. The molecule has 0 amide bonds. The van der Waals surface area contributed by atoms with E-state index in [9.17, 15) is 13.2 Å². The molecule has 3 fully saturated rings. The number of anilines is 2. The van der Waals surface area contributed by atoms with Crippen LogP contribution in [0.3, 0.4) is 0 Å². The summed E-state index contributed by atoms with van der Waals surface area (Å²) in [5, 5.41) is 5.59. The van der Waals surface area contributed by atoms with E-state index in [1.54, 1.807) is 6.07 Å². The molecule has 3 aromatic rings. The number of nitrogens with zero attached hydrogens (tertiary/aromatic N) is 7. The normalized spacial score (nSPS) is 23.8. The number of rotatable bonds is 3. The van der Waals surface area contributed by atoms with Crippen molar-refractivity contribution in [2.24, 2.45) is 5.41 Å². The van der Waals surface area contributed by atoms with Gasteiger partial charge >= 0.3 is 6.18 Å². The molecule has 6 heterocycles. The molecule has 1 spiro atoms. The lowest BCUT2D eigenvalue weighted by Gasteiger charge is -2.27. The van der Waals surface area contributed by atoms with Gasteiger partial charge in [0.2, 0.25) is 5.95 Å². The van der Waals surface area contributed by atoms with Crippen molar-refractivity contribution in [3.05, 3.63) is 35.9 Å². The maximum absolute atomic E-state index is 13.1. The molecule has 3 saturated heterocycles. The topological polar surface area (TPSA) is 72.2 Å². The van der Waals surface area contributed by atoms with Crippen LogP contribution in [0.2, 0.25) is 0 Å². The fourth-order valence-electron chi connectivity index (χ4n) is 5.19. The van der Waals surface area contributed by atoms with Crippen LogP contribution in [0.15, 0.2) is 24.5 Å². The Balaban J connectivity index is 1.21. The second kappa shape index (κ2) is 7.28. The summed E-state index contributed by atoms with van der Waals surface area (Å²) in [6.07, 6.45) is 0.524. The molecule has 3 aliphatic heterocycles. The van der Waals surface area contributed by atoms with E-state index in [2.05, 4.69) is 20.0 Å². The molecule has 8 nitrogen and oxygen atoms in total. The van der Waals surface area contributed by atoms with Gasteiger partial charge in [-0.05, 0) is 31.9 Å². The highest BCUT2D eigenvalue weighted by Gasteiger charge is 2.45. The zero-order chi connectivity index (χ0) is 22.8. The van der Waals surface area contributed by atoms with Gasteiger partial charge in [0.05, 0.1) is 24.3 Å². The van der Waals surface area contributed by atoms with Crippen LogP contribution >= 0.6 is 0 Å². The number of pyridine rings is 1. The molecule has 0 N–H and O–H groups in total. The van der Waals surface area contributed by atoms with Gasteiger partial charge in [-0.1, -0.05) is 0 Å². The van der Waals surface area contributed by atoms with Gasteiger partial charge in [-0.15, -0.1) is 0 Å². The third-order valence-electron chi connectivity index (χ3n) is 7.15. The number of hydrogen-bond acceptors (Lipinski definition) is 7. The Kier molecular flexibility index (Phi) is 4.55. The number of alkyl halides is 3. The predicted octanol–water partition coefficient (Wildman–Crippen LogP) is 3.23. The third-order valence-corrected chi connectivity index (χ3v) is 7.15. The van der Waals surface area contributed by atoms with Crippen LogP contribution in [-0.4, -0.2) is 64.1 Å². The zero-order valence-electron chi connectivity index (χ0n) is 18.2. The summed E-state index contributed by atoms with van der Waals surface area (Å²) in [7, 11) is 0. The van der Waals surface area contributed by atoms with Crippen LogP contribution in [0.1, 0.15) is 30.3 Å². The van der Waals surface area contributed by atoms with E-state index >= 15 is 0 Å². The summed E-state index contributed by atoms with van der Waals surface area (Å²) in [6, 6.07) is 3.02. The second-order valence-corrected chi connectivity index (χ2v) is 9.37. The molecule has 0 saturated carbocycles. The molecule has 6 rings (SSSR count). The summed E-state index contributed by atoms with van der Waals surface area (Å²) in [6.45, 7) is 6.29. The minimum absolute atomic E-state index is 0.0119. The van der Waals surface area contributed by atoms with E-state index in [0.29, 0.717) is 31.4 Å². The first-order valence-corrected chi connectivity index (χ1v) is 11.1. The Morgan fingerprint density at radius 3 is 2.58 bits per heavy atom. The Morgan fingerprint density at radius 1 is 1.09 bits per heavy atom. The quantitative estimate of drug-likeness (QED) is 0.596. The molecule has 0 aromatic carbocycles. The molecule has 33 heavy (non-hydrogen) atoms. The predicted molar refractivity (Wildman–Crippen MR) is 115 cm³/mol. The highest BCUT2D eigenvalue weighted by molar-refractivity contribution is 5.78. The number of hydrogen-bond donors (Lipinski definition) is 0. The van der Waals surface area contributed by atoms with Crippen molar-refractivity contribution in [1.29, 1.82) is 0 Å². The first-order chi connectivity index (χ1) is 15.8. The van der Waals surface area contributed by atoms with Crippen LogP contribution in [0.4, 0.5) is 24.8 Å². The number of halogens is 3. The van der Waals surface area contributed by atoms with Crippen LogP contribution in [0.25, 0.3) is 11.0 Å². The second-order valence-electron chi connectivity index (χ2n) is 9.37. The summed E-state index contributed by atoms with van der Waals surface area (Å²) in [4.78, 5) is 17.2. The zero-order valence-corrected chi connectivity index (χ0v) is 18.2. The average molecular weight is 459 g/mol. The van der Waals surface area contributed by atoms with Crippen LogP contribution in [-0.2, 0) is 10.9 Å². The van der Waals surface area contributed by atoms with E-state index < -0.39 is 11.9 Å².